The van der Waals surface area contributed by atoms with Gasteiger partial charge in [0.1, 0.15) is 5.75 Å². The molecule has 0 aliphatic heterocycles. The highest BCUT2D eigenvalue weighted by molar-refractivity contribution is 6.32. The molecule has 3 nitrogen and oxygen atoms in total. The Labute approximate surface area is 100.0 Å². The van der Waals surface area contributed by atoms with Crippen molar-refractivity contribution in [1.82, 2.24) is 9.88 Å². The van der Waals surface area contributed by atoms with Crippen LogP contribution in [0.5, 0.6) is 5.75 Å². The Morgan fingerprint density at radius 2 is 2.19 bits per heavy atom. The molecule has 2 rings (SSSR count). The van der Waals surface area contributed by atoms with Crippen LogP contribution in [0, 0.1) is 0 Å². The van der Waals surface area contributed by atoms with E-state index in [4.69, 9.17) is 16.3 Å². The zero-order valence-corrected chi connectivity index (χ0v) is 10.4. The molecule has 1 N–H and O–H groups in total. The summed E-state index contributed by atoms with van der Waals surface area (Å²) in [5.74, 6) is 0.720. The second kappa shape index (κ2) is 4.36. The standard InChI is InChI=1S/C12H15ClN2O/c1-14-6-8-7-15(2)11-5-10(13)12(16-3)4-9(8)11/h4-5,7,14H,6H2,1-3H3. The lowest BCUT2D eigenvalue weighted by atomic mass is 10.1. The van der Waals surface area contributed by atoms with Crippen LogP contribution >= 0.6 is 11.6 Å². The largest absolute Gasteiger partial charge is 0.495 e. The fourth-order valence-electron chi connectivity index (χ4n) is 1.95. The summed E-state index contributed by atoms with van der Waals surface area (Å²) in [6.45, 7) is 0.835. The lowest BCUT2D eigenvalue weighted by molar-refractivity contribution is 0.415. The highest BCUT2D eigenvalue weighted by Gasteiger charge is 2.10. The van der Waals surface area contributed by atoms with Crippen molar-refractivity contribution >= 4 is 22.5 Å². The van der Waals surface area contributed by atoms with Crippen LogP contribution in [0.1, 0.15) is 5.56 Å². The van der Waals surface area contributed by atoms with E-state index in [1.54, 1.807) is 7.11 Å². The predicted octanol–water partition coefficient (Wildman–Crippen LogP) is 2.56. The first-order valence-corrected chi connectivity index (χ1v) is 5.51. The molecule has 0 fully saturated rings. The number of benzene rings is 1. The van der Waals surface area contributed by atoms with Crippen LogP contribution < -0.4 is 10.1 Å². The highest BCUT2D eigenvalue weighted by atomic mass is 35.5. The lowest BCUT2D eigenvalue weighted by Gasteiger charge is -2.04. The first-order valence-electron chi connectivity index (χ1n) is 5.13. The second-order valence-corrected chi connectivity index (χ2v) is 4.21. The van der Waals surface area contributed by atoms with Crippen molar-refractivity contribution < 1.29 is 4.74 Å². The van der Waals surface area contributed by atoms with Crippen molar-refractivity contribution in [2.45, 2.75) is 6.54 Å². The minimum Gasteiger partial charge on any atom is -0.495 e. The van der Waals surface area contributed by atoms with Gasteiger partial charge in [0.2, 0.25) is 0 Å². The number of halogens is 1. The van der Waals surface area contributed by atoms with Crippen molar-refractivity contribution in [3.8, 4) is 5.75 Å². The predicted molar refractivity (Wildman–Crippen MR) is 67.2 cm³/mol. The summed E-state index contributed by atoms with van der Waals surface area (Å²) in [7, 11) is 5.59. The molecule has 0 spiro atoms. The number of aromatic nitrogens is 1. The number of ether oxygens (including phenoxy) is 1. The lowest BCUT2D eigenvalue weighted by Crippen LogP contribution is -2.04. The zero-order valence-electron chi connectivity index (χ0n) is 9.67. The Kier molecular flexibility index (Phi) is 3.08. The molecule has 1 aromatic heterocycles. The van der Waals surface area contributed by atoms with E-state index >= 15 is 0 Å². The van der Waals surface area contributed by atoms with Gasteiger partial charge in [-0.05, 0) is 24.7 Å². The molecule has 0 aliphatic rings. The molecule has 0 saturated heterocycles. The first kappa shape index (κ1) is 11.3. The summed E-state index contributed by atoms with van der Waals surface area (Å²) in [6, 6.07) is 3.93. The molecule has 0 radical (unpaired) electrons. The summed E-state index contributed by atoms with van der Waals surface area (Å²) in [5.41, 5.74) is 2.37. The quantitative estimate of drug-likeness (QED) is 0.890. The van der Waals surface area contributed by atoms with E-state index in [1.165, 1.54) is 10.9 Å². The molecule has 1 heterocycles. The van der Waals surface area contributed by atoms with E-state index in [-0.39, 0.29) is 0 Å². The zero-order chi connectivity index (χ0) is 11.7. The summed E-state index contributed by atoms with van der Waals surface area (Å²) < 4.78 is 7.31. The molecule has 2 aromatic rings. The SMILES string of the molecule is CNCc1cn(C)c2cc(Cl)c(OC)cc12. The van der Waals surface area contributed by atoms with Gasteiger partial charge in [0.15, 0.2) is 0 Å². The van der Waals surface area contributed by atoms with E-state index < -0.39 is 0 Å². The van der Waals surface area contributed by atoms with Gasteiger partial charge in [-0.25, -0.2) is 0 Å². The normalized spacial score (nSPS) is 11.0. The summed E-state index contributed by atoms with van der Waals surface area (Å²) >= 11 is 6.11. The number of hydrogen-bond donors (Lipinski definition) is 1. The Bertz CT molecular complexity index is 519. The maximum absolute atomic E-state index is 6.11. The molecule has 0 unspecified atom stereocenters. The Balaban J connectivity index is 2.67. The molecule has 0 bridgehead atoms. The van der Waals surface area contributed by atoms with Crippen molar-refractivity contribution in [3.05, 3.63) is 28.9 Å². The van der Waals surface area contributed by atoms with Crippen LogP contribution in [0.2, 0.25) is 5.02 Å². The van der Waals surface area contributed by atoms with Gasteiger partial charge in [-0.2, -0.15) is 0 Å². The number of fused-ring (bicyclic) bond motifs is 1. The third kappa shape index (κ3) is 1.77. The first-order chi connectivity index (χ1) is 7.67. The molecule has 4 heteroatoms. The van der Waals surface area contributed by atoms with E-state index in [9.17, 15) is 0 Å². The van der Waals surface area contributed by atoms with Crippen LogP contribution in [0.4, 0.5) is 0 Å². The number of methoxy groups -OCH3 is 1. The topological polar surface area (TPSA) is 26.2 Å². The van der Waals surface area contributed by atoms with Gasteiger partial charge in [-0.1, -0.05) is 11.6 Å². The van der Waals surface area contributed by atoms with E-state index in [2.05, 4.69) is 16.1 Å². The molecule has 0 aliphatic carbocycles. The van der Waals surface area contributed by atoms with Crippen LogP contribution in [0.3, 0.4) is 0 Å². The van der Waals surface area contributed by atoms with Crippen molar-refractivity contribution in [1.29, 1.82) is 0 Å². The van der Waals surface area contributed by atoms with Crippen molar-refractivity contribution in [2.75, 3.05) is 14.2 Å². The summed E-state index contributed by atoms with van der Waals surface area (Å²) in [4.78, 5) is 0. The van der Waals surface area contributed by atoms with Crippen LogP contribution in [-0.2, 0) is 13.6 Å². The second-order valence-electron chi connectivity index (χ2n) is 3.80. The maximum Gasteiger partial charge on any atom is 0.138 e. The molecule has 16 heavy (non-hydrogen) atoms. The van der Waals surface area contributed by atoms with Crippen LogP contribution in [0.25, 0.3) is 10.9 Å². The maximum atomic E-state index is 6.11. The third-order valence-corrected chi connectivity index (χ3v) is 3.01. The molecule has 0 saturated carbocycles. The molecular weight excluding hydrogens is 224 g/mol. The third-order valence-electron chi connectivity index (χ3n) is 2.71. The van der Waals surface area contributed by atoms with Gasteiger partial charge in [-0.3, -0.25) is 0 Å². The fourth-order valence-corrected chi connectivity index (χ4v) is 2.19. The van der Waals surface area contributed by atoms with Crippen LogP contribution in [-0.4, -0.2) is 18.7 Å². The van der Waals surface area contributed by atoms with Gasteiger partial charge in [-0.15, -0.1) is 0 Å². The van der Waals surface area contributed by atoms with Gasteiger partial charge < -0.3 is 14.6 Å². The molecule has 86 valence electrons. The van der Waals surface area contributed by atoms with Crippen molar-refractivity contribution in [2.24, 2.45) is 7.05 Å². The molecule has 0 atom stereocenters. The highest BCUT2D eigenvalue weighted by Crippen LogP contribution is 2.32. The van der Waals surface area contributed by atoms with Crippen molar-refractivity contribution in [3.63, 3.8) is 0 Å². The van der Waals surface area contributed by atoms with E-state index in [1.807, 2.05) is 26.2 Å². The Morgan fingerprint density at radius 1 is 1.44 bits per heavy atom. The van der Waals surface area contributed by atoms with Crippen LogP contribution in [0.15, 0.2) is 18.3 Å². The fraction of sp³-hybridized carbons (Fsp3) is 0.333. The summed E-state index contributed by atoms with van der Waals surface area (Å²) in [5, 5.41) is 4.98. The van der Waals surface area contributed by atoms with Gasteiger partial charge >= 0.3 is 0 Å². The monoisotopic (exact) mass is 238 g/mol. The number of nitrogens with zero attached hydrogens (tertiary/aromatic N) is 1. The molecule has 0 amide bonds. The van der Waals surface area contributed by atoms with E-state index in [0.29, 0.717) is 5.02 Å². The smallest absolute Gasteiger partial charge is 0.138 e. The van der Waals surface area contributed by atoms with Gasteiger partial charge in [0.25, 0.3) is 0 Å². The number of aryl methyl sites for hydroxylation is 1. The van der Waals surface area contributed by atoms with E-state index in [0.717, 1.165) is 17.8 Å². The Morgan fingerprint density at radius 3 is 2.81 bits per heavy atom. The molecular formula is C12H15ClN2O. The molecule has 1 aromatic carbocycles. The van der Waals surface area contributed by atoms with Gasteiger partial charge in [0.05, 0.1) is 12.1 Å². The Hall–Kier alpha value is -1.19. The summed E-state index contributed by atoms with van der Waals surface area (Å²) in [6.07, 6.45) is 2.11. The number of rotatable bonds is 3. The average molecular weight is 239 g/mol. The minimum atomic E-state index is 0.646. The number of nitrogens with one attached hydrogen (secondary N) is 1. The number of hydrogen-bond acceptors (Lipinski definition) is 2. The minimum absolute atomic E-state index is 0.646. The van der Waals surface area contributed by atoms with Gasteiger partial charge in [0, 0.05) is 30.7 Å². The average Bonchev–Trinajstić information content (AvgIpc) is 2.55.